The van der Waals surface area contributed by atoms with Gasteiger partial charge in [-0.3, -0.25) is 0 Å². The summed E-state index contributed by atoms with van der Waals surface area (Å²) in [7, 11) is 1.72. The van der Waals surface area contributed by atoms with Crippen LogP contribution >= 0.6 is 23.5 Å². The Morgan fingerprint density at radius 2 is 1.84 bits per heavy atom. The van der Waals surface area contributed by atoms with Crippen molar-refractivity contribution < 1.29 is 13.2 Å². The zero-order valence-electron chi connectivity index (χ0n) is 10.8. The molecule has 0 aromatic heterocycles. The number of thioether (sulfide) groups is 2. The molecule has 0 amide bonds. The molecule has 6 heteroatoms. The number of hydrogen-bond donors (Lipinski definition) is 1. The van der Waals surface area contributed by atoms with Crippen molar-refractivity contribution in [3.63, 3.8) is 0 Å². The molecule has 106 valence electrons. The molecule has 19 heavy (non-hydrogen) atoms. The highest BCUT2D eigenvalue weighted by Gasteiger charge is 2.33. The molecular formula is C13H16F3NS2. The molecule has 0 spiro atoms. The highest BCUT2D eigenvalue weighted by atomic mass is 32.2. The molecule has 1 nitrogen and oxygen atoms in total. The SMILES string of the molecule is CNC(c1ccc(F)c(F)c1F)C1SCCSC1C. The Labute approximate surface area is 119 Å². The third-order valence-corrected chi connectivity index (χ3v) is 6.47. The van der Waals surface area contributed by atoms with Gasteiger partial charge in [0.25, 0.3) is 0 Å². The van der Waals surface area contributed by atoms with Gasteiger partial charge in [0.1, 0.15) is 0 Å². The van der Waals surface area contributed by atoms with Crippen LogP contribution in [0.2, 0.25) is 0 Å². The minimum absolute atomic E-state index is 0.142. The number of halogens is 3. The molecule has 1 saturated heterocycles. The number of hydrogen-bond acceptors (Lipinski definition) is 3. The molecule has 3 atom stereocenters. The van der Waals surface area contributed by atoms with Crippen LogP contribution in [0.5, 0.6) is 0 Å². The van der Waals surface area contributed by atoms with Crippen molar-refractivity contribution >= 4 is 23.5 Å². The van der Waals surface area contributed by atoms with Gasteiger partial charge in [0.2, 0.25) is 0 Å². The quantitative estimate of drug-likeness (QED) is 0.857. The van der Waals surface area contributed by atoms with Crippen LogP contribution in [0.1, 0.15) is 18.5 Å². The molecule has 1 aliphatic heterocycles. The van der Waals surface area contributed by atoms with Crippen molar-refractivity contribution in [2.45, 2.75) is 23.5 Å². The first-order chi connectivity index (χ1) is 9.06. The number of rotatable bonds is 3. The van der Waals surface area contributed by atoms with Crippen LogP contribution in [0.4, 0.5) is 13.2 Å². The fourth-order valence-electron chi connectivity index (χ4n) is 2.29. The van der Waals surface area contributed by atoms with E-state index in [1.165, 1.54) is 6.07 Å². The van der Waals surface area contributed by atoms with Crippen LogP contribution in [0.25, 0.3) is 0 Å². The van der Waals surface area contributed by atoms with Crippen molar-refractivity contribution in [2.75, 3.05) is 18.6 Å². The van der Waals surface area contributed by atoms with Crippen molar-refractivity contribution in [1.82, 2.24) is 5.32 Å². The molecule has 1 fully saturated rings. The lowest BCUT2D eigenvalue weighted by Gasteiger charge is -2.34. The topological polar surface area (TPSA) is 12.0 Å². The maximum atomic E-state index is 13.9. The first kappa shape index (κ1) is 15.1. The van der Waals surface area contributed by atoms with Crippen LogP contribution in [0.3, 0.4) is 0 Å². The molecule has 1 aliphatic rings. The molecule has 1 aromatic rings. The van der Waals surface area contributed by atoms with Gasteiger partial charge < -0.3 is 5.32 Å². The Bertz CT molecular complexity index is 456. The summed E-state index contributed by atoms with van der Waals surface area (Å²) in [6.45, 7) is 2.09. The van der Waals surface area contributed by atoms with Crippen LogP contribution in [-0.2, 0) is 0 Å². The van der Waals surface area contributed by atoms with E-state index in [4.69, 9.17) is 0 Å². The summed E-state index contributed by atoms with van der Waals surface area (Å²) >= 11 is 3.58. The smallest absolute Gasteiger partial charge is 0.194 e. The summed E-state index contributed by atoms with van der Waals surface area (Å²) in [4.78, 5) is 0. The summed E-state index contributed by atoms with van der Waals surface area (Å²) in [6, 6.07) is 2.01. The van der Waals surface area contributed by atoms with Crippen LogP contribution < -0.4 is 5.32 Å². The Morgan fingerprint density at radius 3 is 2.47 bits per heavy atom. The molecule has 3 unspecified atom stereocenters. The minimum Gasteiger partial charge on any atom is -0.312 e. The Morgan fingerprint density at radius 1 is 1.16 bits per heavy atom. The van der Waals surface area contributed by atoms with E-state index in [9.17, 15) is 13.2 Å². The normalized spacial score (nSPS) is 25.3. The summed E-state index contributed by atoms with van der Waals surface area (Å²) in [6.07, 6.45) is 0. The van der Waals surface area contributed by atoms with Gasteiger partial charge in [-0.15, -0.1) is 0 Å². The monoisotopic (exact) mass is 307 g/mol. The second-order valence-electron chi connectivity index (χ2n) is 4.44. The average Bonchev–Trinajstić information content (AvgIpc) is 2.41. The van der Waals surface area contributed by atoms with E-state index in [0.29, 0.717) is 5.25 Å². The van der Waals surface area contributed by atoms with Crippen LogP contribution in [-0.4, -0.2) is 29.1 Å². The van der Waals surface area contributed by atoms with Gasteiger partial charge in [0.05, 0.1) is 0 Å². The van der Waals surface area contributed by atoms with Gasteiger partial charge >= 0.3 is 0 Å². The summed E-state index contributed by atoms with van der Waals surface area (Å²) in [5.41, 5.74) is 0.202. The largest absolute Gasteiger partial charge is 0.312 e. The lowest BCUT2D eigenvalue weighted by atomic mass is 10.0. The maximum absolute atomic E-state index is 13.9. The van der Waals surface area contributed by atoms with E-state index in [2.05, 4.69) is 12.2 Å². The van der Waals surface area contributed by atoms with Gasteiger partial charge in [0.15, 0.2) is 17.5 Å². The Kier molecular flexibility index (Phi) is 5.09. The predicted molar refractivity (Wildman–Crippen MR) is 76.3 cm³/mol. The Hall–Kier alpha value is -0.330. The van der Waals surface area contributed by atoms with Crippen molar-refractivity contribution in [3.05, 3.63) is 35.1 Å². The molecule has 1 heterocycles. The fourth-order valence-corrected chi connectivity index (χ4v) is 5.27. The van der Waals surface area contributed by atoms with E-state index < -0.39 is 17.5 Å². The summed E-state index contributed by atoms with van der Waals surface area (Å²) in [5, 5.41) is 3.52. The highest BCUT2D eigenvalue weighted by Crippen LogP contribution is 2.39. The minimum atomic E-state index is -1.39. The second-order valence-corrected chi connectivity index (χ2v) is 7.21. The van der Waals surface area contributed by atoms with E-state index in [1.54, 1.807) is 18.8 Å². The van der Waals surface area contributed by atoms with Gasteiger partial charge in [-0.1, -0.05) is 13.0 Å². The zero-order chi connectivity index (χ0) is 14.0. The first-order valence-corrected chi connectivity index (χ1v) is 8.20. The fraction of sp³-hybridized carbons (Fsp3) is 0.538. The van der Waals surface area contributed by atoms with Gasteiger partial charge in [-0.05, 0) is 13.1 Å². The molecule has 0 bridgehead atoms. The van der Waals surface area contributed by atoms with Crippen molar-refractivity contribution in [3.8, 4) is 0 Å². The van der Waals surface area contributed by atoms with Crippen molar-refractivity contribution in [1.29, 1.82) is 0 Å². The van der Waals surface area contributed by atoms with E-state index in [-0.39, 0.29) is 16.9 Å². The molecule has 1 N–H and O–H groups in total. The lowest BCUT2D eigenvalue weighted by molar-refractivity contribution is 0.426. The van der Waals surface area contributed by atoms with Crippen LogP contribution in [0, 0.1) is 17.5 Å². The first-order valence-electron chi connectivity index (χ1n) is 6.10. The Balaban J connectivity index is 2.34. The standard InChI is InChI=1S/C13H16F3NS2/c1-7-13(19-6-5-18-7)12(17-2)8-3-4-9(14)11(16)10(8)15/h3-4,7,12-13,17H,5-6H2,1-2H3. The van der Waals surface area contributed by atoms with E-state index >= 15 is 0 Å². The molecular weight excluding hydrogens is 291 g/mol. The van der Waals surface area contributed by atoms with E-state index in [0.717, 1.165) is 17.6 Å². The maximum Gasteiger partial charge on any atom is 0.194 e. The van der Waals surface area contributed by atoms with Crippen LogP contribution in [0.15, 0.2) is 12.1 Å². The number of nitrogens with one attached hydrogen (secondary N) is 1. The van der Waals surface area contributed by atoms with E-state index in [1.807, 2.05) is 11.8 Å². The molecule has 2 rings (SSSR count). The van der Waals surface area contributed by atoms with Crippen molar-refractivity contribution in [2.24, 2.45) is 0 Å². The second kappa shape index (κ2) is 6.41. The zero-order valence-corrected chi connectivity index (χ0v) is 12.4. The average molecular weight is 307 g/mol. The third-order valence-electron chi connectivity index (χ3n) is 3.28. The summed E-state index contributed by atoms with van der Waals surface area (Å²) in [5.74, 6) is -1.56. The number of benzene rings is 1. The van der Waals surface area contributed by atoms with Gasteiger partial charge in [-0.2, -0.15) is 23.5 Å². The predicted octanol–water partition coefficient (Wildman–Crippen LogP) is 3.60. The van der Waals surface area contributed by atoms with Gasteiger partial charge in [0, 0.05) is 33.6 Å². The molecule has 0 aliphatic carbocycles. The molecule has 0 saturated carbocycles. The molecule has 1 aromatic carbocycles. The summed E-state index contributed by atoms with van der Waals surface area (Å²) < 4.78 is 40.3. The lowest BCUT2D eigenvalue weighted by Crippen LogP contribution is -2.36. The third kappa shape index (κ3) is 3.06. The molecule has 0 radical (unpaired) electrons. The highest BCUT2D eigenvalue weighted by molar-refractivity contribution is 8.07. The van der Waals surface area contributed by atoms with Gasteiger partial charge in [-0.25, -0.2) is 13.2 Å².